The summed E-state index contributed by atoms with van der Waals surface area (Å²) in [5.74, 6) is 2.58. The number of nitrogens with one attached hydrogen (secondary N) is 1. The van der Waals surface area contributed by atoms with Crippen LogP contribution in [0.4, 0.5) is 10.2 Å². The predicted molar refractivity (Wildman–Crippen MR) is 117 cm³/mol. The van der Waals surface area contributed by atoms with E-state index in [4.69, 9.17) is 5.10 Å². The molecule has 6 nitrogen and oxygen atoms in total. The molecule has 1 aromatic carbocycles. The number of nitrogens with zero attached hydrogens (tertiary/aromatic N) is 4. The molecule has 2 fully saturated rings. The zero-order valence-corrected chi connectivity index (χ0v) is 17.4. The fourth-order valence-electron chi connectivity index (χ4n) is 4.37. The van der Waals surface area contributed by atoms with Crippen molar-refractivity contribution in [3.8, 4) is 0 Å². The minimum absolute atomic E-state index is 0.0752. The van der Waals surface area contributed by atoms with Gasteiger partial charge in [0.25, 0.3) is 5.91 Å². The number of halogens is 1. The van der Waals surface area contributed by atoms with Gasteiger partial charge in [-0.05, 0) is 67.0 Å². The molecule has 1 unspecified atom stereocenters. The summed E-state index contributed by atoms with van der Waals surface area (Å²) in [6, 6.07) is 10.9. The molecule has 1 atom stereocenters. The molecule has 2 aliphatic heterocycles. The van der Waals surface area contributed by atoms with Gasteiger partial charge in [0, 0.05) is 12.6 Å². The van der Waals surface area contributed by atoms with E-state index in [9.17, 15) is 9.18 Å². The zero-order chi connectivity index (χ0) is 20.5. The first kappa shape index (κ1) is 19.4. The second-order valence-corrected chi connectivity index (χ2v) is 9.10. The summed E-state index contributed by atoms with van der Waals surface area (Å²) in [4.78, 5) is 19.4. The third kappa shape index (κ3) is 3.76. The molecule has 2 saturated heterocycles. The topological polar surface area (TPSA) is 62.5 Å². The smallest absolute Gasteiger partial charge is 0.271 e. The second-order valence-electron chi connectivity index (χ2n) is 7.87. The van der Waals surface area contributed by atoms with E-state index in [1.807, 2.05) is 30.0 Å². The summed E-state index contributed by atoms with van der Waals surface area (Å²) in [6.07, 6.45) is 5.54. The molecule has 4 heterocycles. The van der Waals surface area contributed by atoms with Gasteiger partial charge in [-0.25, -0.2) is 13.9 Å². The van der Waals surface area contributed by atoms with Crippen LogP contribution in [-0.4, -0.2) is 44.6 Å². The van der Waals surface area contributed by atoms with Gasteiger partial charge >= 0.3 is 0 Å². The van der Waals surface area contributed by atoms with Gasteiger partial charge in [0.2, 0.25) is 0 Å². The van der Waals surface area contributed by atoms with Crippen molar-refractivity contribution in [1.82, 2.24) is 19.9 Å². The number of thioether (sulfide) groups is 1. The Kier molecular flexibility index (Phi) is 5.33. The van der Waals surface area contributed by atoms with Gasteiger partial charge in [-0.2, -0.15) is 11.8 Å². The molecule has 2 aromatic heterocycles. The lowest BCUT2D eigenvalue weighted by Gasteiger charge is -2.26. The lowest BCUT2D eigenvalue weighted by molar-refractivity contribution is 0.0927. The number of carbonyl (C=O) groups excluding carboxylic acids is 1. The molecule has 8 heteroatoms. The third-order valence-corrected chi connectivity index (χ3v) is 6.97. The van der Waals surface area contributed by atoms with Crippen LogP contribution in [0.25, 0.3) is 5.65 Å². The molecular formula is C22H24FN5OS. The Hall–Kier alpha value is -2.61. The molecule has 0 radical (unpaired) electrons. The number of hydrogen-bond donors (Lipinski definition) is 1. The molecule has 0 saturated carbocycles. The number of fused-ring (bicyclic) bond motifs is 1. The van der Waals surface area contributed by atoms with Gasteiger partial charge in [0.15, 0.2) is 11.3 Å². The van der Waals surface area contributed by atoms with Gasteiger partial charge in [0.1, 0.15) is 11.6 Å². The molecule has 1 amide bonds. The fourth-order valence-corrected chi connectivity index (χ4v) is 5.48. The molecule has 0 bridgehead atoms. The SMILES string of the molecule is O=C(NC1CCSCC1)c1cnc2ccc(N3CCCC3c3cccc(F)c3)nn12. The normalized spacial score (nSPS) is 20.0. The second kappa shape index (κ2) is 8.26. The highest BCUT2D eigenvalue weighted by Gasteiger charge is 2.28. The molecule has 3 aromatic rings. The lowest BCUT2D eigenvalue weighted by Crippen LogP contribution is -2.38. The lowest BCUT2D eigenvalue weighted by atomic mass is 10.0. The molecule has 30 heavy (non-hydrogen) atoms. The Morgan fingerprint density at radius 1 is 1.17 bits per heavy atom. The molecule has 0 aliphatic carbocycles. The summed E-state index contributed by atoms with van der Waals surface area (Å²) in [5, 5.41) is 7.89. The molecule has 2 aliphatic rings. The van der Waals surface area contributed by atoms with E-state index < -0.39 is 0 Å². The van der Waals surface area contributed by atoms with E-state index in [1.54, 1.807) is 22.8 Å². The Labute approximate surface area is 178 Å². The number of anilines is 1. The first-order valence-electron chi connectivity index (χ1n) is 10.4. The van der Waals surface area contributed by atoms with Crippen molar-refractivity contribution >= 4 is 29.1 Å². The van der Waals surface area contributed by atoms with Crippen LogP contribution in [0.3, 0.4) is 0 Å². The van der Waals surface area contributed by atoms with Crippen LogP contribution in [0, 0.1) is 5.82 Å². The quantitative estimate of drug-likeness (QED) is 0.688. The Morgan fingerprint density at radius 2 is 2.03 bits per heavy atom. The number of aromatic nitrogens is 3. The highest BCUT2D eigenvalue weighted by atomic mass is 32.2. The average molecular weight is 426 g/mol. The number of imidazole rings is 1. The number of rotatable bonds is 4. The fraction of sp³-hybridized carbons (Fsp3) is 0.409. The Morgan fingerprint density at radius 3 is 2.87 bits per heavy atom. The van der Waals surface area contributed by atoms with E-state index in [1.165, 1.54) is 6.07 Å². The first-order valence-corrected chi connectivity index (χ1v) is 11.6. The average Bonchev–Trinajstić information content (AvgIpc) is 3.41. The van der Waals surface area contributed by atoms with Crippen LogP contribution in [0.2, 0.25) is 0 Å². The molecular weight excluding hydrogens is 401 g/mol. The molecule has 5 rings (SSSR count). The van der Waals surface area contributed by atoms with Crippen molar-refractivity contribution < 1.29 is 9.18 Å². The largest absolute Gasteiger partial charge is 0.348 e. The molecule has 0 spiro atoms. The highest BCUT2D eigenvalue weighted by molar-refractivity contribution is 7.99. The van der Waals surface area contributed by atoms with Crippen molar-refractivity contribution in [3.05, 3.63) is 59.7 Å². The van der Waals surface area contributed by atoms with Crippen molar-refractivity contribution in [2.45, 2.75) is 37.8 Å². The number of benzene rings is 1. The maximum absolute atomic E-state index is 13.8. The minimum atomic E-state index is -0.225. The summed E-state index contributed by atoms with van der Waals surface area (Å²) < 4.78 is 15.4. The summed E-state index contributed by atoms with van der Waals surface area (Å²) in [6.45, 7) is 0.843. The zero-order valence-electron chi connectivity index (χ0n) is 16.6. The van der Waals surface area contributed by atoms with Gasteiger partial charge in [-0.3, -0.25) is 4.79 Å². The van der Waals surface area contributed by atoms with Crippen LogP contribution in [-0.2, 0) is 0 Å². The number of hydrogen-bond acceptors (Lipinski definition) is 5. The minimum Gasteiger partial charge on any atom is -0.348 e. The standard InChI is InChI=1S/C22H24FN5OS/c23-16-4-1-3-15(13-16)18-5-2-10-27(18)21-7-6-20-24-14-19(28(20)26-21)22(29)25-17-8-11-30-12-9-17/h1,3-4,6-7,13-14,17-18H,2,5,8-12H2,(H,25,29). The van der Waals surface area contributed by atoms with Crippen LogP contribution in [0.5, 0.6) is 0 Å². The van der Waals surface area contributed by atoms with Gasteiger partial charge in [-0.15, -0.1) is 5.10 Å². The van der Waals surface area contributed by atoms with E-state index in [0.29, 0.717) is 11.3 Å². The van der Waals surface area contributed by atoms with E-state index in [2.05, 4.69) is 15.2 Å². The Balaban J connectivity index is 1.43. The Bertz CT molecular complexity index is 1060. The van der Waals surface area contributed by atoms with E-state index in [0.717, 1.165) is 55.1 Å². The van der Waals surface area contributed by atoms with Crippen molar-refractivity contribution in [3.63, 3.8) is 0 Å². The van der Waals surface area contributed by atoms with Crippen LogP contribution >= 0.6 is 11.8 Å². The van der Waals surface area contributed by atoms with Crippen LogP contribution in [0.15, 0.2) is 42.6 Å². The maximum atomic E-state index is 13.8. The molecule has 1 N–H and O–H groups in total. The van der Waals surface area contributed by atoms with Gasteiger partial charge in [-0.1, -0.05) is 12.1 Å². The highest BCUT2D eigenvalue weighted by Crippen LogP contribution is 2.35. The van der Waals surface area contributed by atoms with E-state index >= 15 is 0 Å². The number of amides is 1. The third-order valence-electron chi connectivity index (χ3n) is 5.92. The maximum Gasteiger partial charge on any atom is 0.271 e. The van der Waals surface area contributed by atoms with Crippen molar-refractivity contribution in [2.75, 3.05) is 23.0 Å². The first-order chi connectivity index (χ1) is 14.7. The summed E-state index contributed by atoms with van der Waals surface area (Å²) >= 11 is 1.93. The summed E-state index contributed by atoms with van der Waals surface area (Å²) in [7, 11) is 0. The molecule has 156 valence electrons. The van der Waals surface area contributed by atoms with Crippen LogP contribution < -0.4 is 10.2 Å². The van der Waals surface area contributed by atoms with Crippen molar-refractivity contribution in [1.29, 1.82) is 0 Å². The predicted octanol–water partition coefficient (Wildman–Crippen LogP) is 3.84. The number of carbonyl (C=O) groups is 1. The van der Waals surface area contributed by atoms with Gasteiger partial charge < -0.3 is 10.2 Å². The monoisotopic (exact) mass is 425 g/mol. The van der Waals surface area contributed by atoms with Crippen molar-refractivity contribution in [2.24, 2.45) is 0 Å². The summed E-state index contributed by atoms with van der Waals surface area (Å²) in [5.41, 5.74) is 2.05. The van der Waals surface area contributed by atoms with E-state index in [-0.39, 0.29) is 23.8 Å². The van der Waals surface area contributed by atoms with Crippen LogP contribution in [0.1, 0.15) is 47.8 Å². The van der Waals surface area contributed by atoms with Gasteiger partial charge in [0.05, 0.1) is 12.2 Å².